The molecule has 4 aromatic carbocycles. The number of hydrazone groups is 1. The summed E-state index contributed by atoms with van der Waals surface area (Å²) in [4.78, 5) is 13.1. The van der Waals surface area contributed by atoms with Crippen molar-refractivity contribution in [3.63, 3.8) is 0 Å². The fraction of sp³-hybridized carbons (Fsp3) is 0.188. The van der Waals surface area contributed by atoms with Gasteiger partial charge in [-0.25, -0.2) is 13.8 Å². The number of anilines is 1. The Labute approximate surface area is 265 Å². The first-order chi connectivity index (χ1) is 21.2. The highest BCUT2D eigenvalue weighted by atomic mass is 79.9. The molecule has 0 bridgehead atoms. The molecule has 230 valence electrons. The fourth-order valence-corrected chi connectivity index (χ4v) is 6.17. The molecule has 1 amide bonds. The van der Waals surface area contributed by atoms with Crippen LogP contribution in [0.3, 0.4) is 0 Å². The molecule has 0 atom stereocenters. The average molecular weight is 683 g/mol. The molecule has 44 heavy (non-hydrogen) atoms. The number of sulfonamides is 1. The molecule has 4 aromatic rings. The van der Waals surface area contributed by atoms with Gasteiger partial charge in [-0.3, -0.25) is 9.10 Å². The van der Waals surface area contributed by atoms with Crippen LogP contribution >= 0.6 is 15.9 Å². The molecule has 0 saturated heterocycles. The van der Waals surface area contributed by atoms with E-state index in [1.165, 1.54) is 45.7 Å². The molecule has 12 heteroatoms. The van der Waals surface area contributed by atoms with Gasteiger partial charge in [0.2, 0.25) is 0 Å². The molecule has 0 unspecified atom stereocenters. The van der Waals surface area contributed by atoms with Crippen LogP contribution in [0.5, 0.6) is 23.0 Å². The molecular weight excluding hydrogens is 650 g/mol. The minimum Gasteiger partial charge on any atom is -0.497 e. The molecule has 0 aliphatic heterocycles. The Morgan fingerprint density at radius 2 is 1.61 bits per heavy atom. The van der Waals surface area contributed by atoms with Crippen molar-refractivity contribution < 1.29 is 32.2 Å². The minimum absolute atomic E-state index is 0.00260. The van der Waals surface area contributed by atoms with Gasteiger partial charge in [0.05, 0.1) is 42.6 Å². The van der Waals surface area contributed by atoms with Gasteiger partial charge in [0.15, 0.2) is 11.5 Å². The van der Waals surface area contributed by atoms with Gasteiger partial charge < -0.3 is 18.9 Å². The number of amides is 1. The first-order valence-corrected chi connectivity index (χ1v) is 15.6. The van der Waals surface area contributed by atoms with E-state index in [4.69, 9.17) is 18.9 Å². The monoisotopic (exact) mass is 681 g/mol. The van der Waals surface area contributed by atoms with Crippen molar-refractivity contribution in [1.29, 1.82) is 0 Å². The molecule has 0 fully saturated rings. The van der Waals surface area contributed by atoms with Crippen molar-refractivity contribution in [3.05, 3.63) is 106 Å². The lowest BCUT2D eigenvalue weighted by Crippen LogP contribution is -2.39. The maximum absolute atomic E-state index is 13.7. The van der Waals surface area contributed by atoms with Crippen molar-refractivity contribution >= 4 is 43.8 Å². The van der Waals surface area contributed by atoms with Gasteiger partial charge in [0.25, 0.3) is 15.9 Å². The van der Waals surface area contributed by atoms with Crippen LogP contribution in [-0.2, 0) is 21.4 Å². The van der Waals surface area contributed by atoms with Crippen LogP contribution in [0.15, 0.2) is 99.4 Å². The van der Waals surface area contributed by atoms with Gasteiger partial charge in [-0.2, -0.15) is 5.10 Å². The lowest BCUT2D eigenvalue weighted by molar-refractivity contribution is -0.119. The maximum Gasteiger partial charge on any atom is 0.264 e. The quantitative estimate of drug-likeness (QED) is 0.142. The zero-order valence-electron chi connectivity index (χ0n) is 24.6. The number of halogens is 1. The zero-order chi connectivity index (χ0) is 31.7. The Morgan fingerprint density at radius 1 is 0.909 bits per heavy atom. The minimum atomic E-state index is -4.18. The van der Waals surface area contributed by atoms with E-state index in [9.17, 15) is 13.2 Å². The first-order valence-electron chi connectivity index (χ1n) is 13.3. The van der Waals surface area contributed by atoms with Crippen molar-refractivity contribution in [1.82, 2.24) is 5.43 Å². The molecule has 10 nitrogen and oxygen atoms in total. The molecule has 1 N–H and O–H groups in total. The lowest BCUT2D eigenvalue weighted by atomic mass is 10.2. The Balaban J connectivity index is 1.53. The number of hydrogen-bond donors (Lipinski definition) is 1. The largest absolute Gasteiger partial charge is 0.497 e. The number of rotatable bonds is 13. The molecule has 4 rings (SSSR count). The zero-order valence-corrected chi connectivity index (χ0v) is 27.0. The standard InChI is InChI=1S/C32H32BrN3O7S/c1-22-10-12-23(13-11-22)21-43-32-27(33)16-24(17-30(32)42-4)19-34-35-31(37)20-36(44(38,39)26-8-6-5-7-9-26)28-18-25(40-2)14-15-29(28)41-3/h5-19H,20-21H2,1-4H3,(H,35,37)/b34-19-. The molecule has 0 aliphatic rings. The molecule has 0 aliphatic carbocycles. The van der Waals surface area contributed by atoms with Gasteiger partial charge in [-0.15, -0.1) is 0 Å². The third kappa shape index (κ3) is 7.88. The molecule has 0 radical (unpaired) electrons. The van der Waals surface area contributed by atoms with Crippen LogP contribution in [0.2, 0.25) is 0 Å². The summed E-state index contributed by atoms with van der Waals surface area (Å²) in [6, 6.07) is 24.0. The summed E-state index contributed by atoms with van der Waals surface area (Å²) < 4.78 is 51.2. The van der Waals surface area contributed by atoms with Crippen LogP contribution in [0.25, 0.3) is 0 Å². The van der Waals surface area contributed by atoms with E-state index in [1.807, 2.05) is 31.2 Å². The SMILES string of the molecule is COc1ccc(OC)c(N(CC(=O)N/N=C\c2cc(Br)c(OCc3ccc(C)cc3)c(OC)c2)S(=O)(=O)c2ccccc2)c1. The number of carbonyl (C=O) groups is 1. The molecule has 0 aromatic heterocycles. The van der Waals surface area contributed by atoms with Crippen LogP contribution in [-0.4, -0.2) is 48.4 Å². The second kappa shape index (κ2) is 14.8. The Kier molecular flexibility index (Phi) is 10.9. The summed E-state index contributed by atoms with van der Waals surface area (Å²) in [5.74, 6) is 0.920. The number of nitrogens with zero attached hydrogens (tertiary/aromatic N) is 2. The topological polar surface area (TPSA) is 116 Å². The molecule has 0 saturated carbocycles. The summed E-state index contributed by atoms with van der Waals surface area (Å²) in [5.41, 5.74) is 5.30. The highest BCUT2D eigenvalue weighted by Crippen LogP contribution is 2.37. The Bertz CT molecular complexity index is 1730. The first kappa shape index (κ1) is 32.4. The van der Waals surface area contributed by atoms with Gasteiger partial charge in [-0.05, 0) is 70.4 Å². The number of carbonyl (C=O) groups excluding carboxylic acids is 1. The number of aryl methyl sites for hydroxylation is 1. The highest BCUT2D eigenvalue weighted by molar-refractivity contribution is 9.10. The molecule has 0 heterocycles. The van der Waals surface area contributed by atoms with Crippen LogP contribution in [0.1, 0.15) is 16.7 Å². The number of hydrogen-bond acceptors (Lipinski definition) is 8. The summed E-state index contributed by atoms with van der Waals surface area (Å²) in [7, 11) is 0.211. The van der Waals surface area contributed by atoms with Gasteiger partial charge in [-0.1, -0.05) is 48.0 Å². The van der Waals surface area contributed by atoms with Crippen molar-refractivity contribution in [2.45, 2.75) is 18.4 Å². The lowest BCUT2D eigenvalue weighted by Gasteiger charge is -2.25. The molecular formula is C32H32BrN3O7S. The summed E-state index contributed by atoms with van der Waals surface area (Å²) in [6.45, 7) is 1.78. The van der Waals surface area contributed by atoms with E-state index in [2.05, 4.69) is 26.5 Å². The fourth-order valence-electron chi connectivity index (χ4n) is 4.15. The van der Waals surface area contributed by atoms with E-state index in [1.54, 1.807) is 42.5 Å². The third-order valence-corrected chi connectivity index (χ3v) is 8.79. The Hall–Kier alpha value is -4.55. The van der Waals surface area contributed by atoms with Crippen molar-refractivity contribution in [3.8, 4) is 23.0 Å². The smallest absolute Gasteiger partial charge is 0.264 e. The summed E-state index contributed by atoms with van der Waals surface area (Å²) >= 11 is 3.52. The number of nitrogens with one attached hydrogen (secondary N) is 1. The second-order valence-corrected chi connectivity index (χ2v) is 12.2. The van der Waals surface area contributed by atoms with Crippen molar-refractivity contribution in [2.75, 3.05) is 32.2 Å². The van der Waals surface area contributed by atoms with Crippen molar-refractivity contribution in [2.24, 2.45) is 5.10 Å². The van der Waals surface area contributed by atoms with E-state index < -0.39 is 22.5 Å². The van der Waals surface area contributed by atoms with Crippen LogP contribution in [0, 0.1) is 6.92 Å². The highest BCUT2D eigenvalue weighted by Gasteiger charge is 2.30. The number of methoxy groups -OCH3 is 3. The molecule has 0 spiro atoms. The van der Waals surface area contributed by atoms with E-state index in [0.29, 0.717) is 33.9 Å². The van der Waals surface area contributed by atoms with Crippen LogP contribution in [0.4, 0.5) is 5.69 Å². The van der Waals surface area contributed by atoms with E-state index in [0.717, 1.165) is 15.4 Å². The van der Waals surface area contributed by atoms with E-state index >= 15 is 0 Å². The van der Waals surface area contributed by atoms with Gasteiger partial charge in [0, 0.05) is 6.07 Å². The normalized spacial score (nSPS) is 11.2. The van der Waals surface area contributed by atoms with Gasteiger partial charge >= 0.3 is 0 Å². The Morgan fingerprint density at radius 3 is 2.27 bits per heavy atom. The third-order valence-electron chi connectivity index (χ3n) is 6.43. The average Bonchev–Trinajstić information content (AvgIpc) is 3.03. The van der Waals surface area contributed by atoms with Crippen LogP contribution < -0.4 is 28.7 Å². The number of ether oxygens (including phenoxy) is 4. The second-order valence-electron chi connectivity index (χ2n) is 9.46. The summed E-state index contributed by atoms with van der Waals surface area (Å²) in [6.07, 6.45) is 1.41. The predicted molar refractivity (Wildman–Crippen MR) is 172 cm³/mol. The maximum atomic E-state index is 13.7. The number of benzene rings is 4. The predicted octanol–water partition coefficient (Wildman–Crippen LogP) is 5.71. The van der Waals surface area contributed by atoms with Gasteiger partial charge in [0.1, 0.15) is 24.7 Å². The van der Waals surface area contributed by atoms with E-state index in [-0.39, 0.29) is 16.3 Å². The summed E-state index contributed by atoms with van der Waals surface area (Å²) in [5, 5.41) is 4.05.